The van der Waals surface area contributed by atoms with Crippen molar-refractivity contribution in [3.8, 4) is 0 Å². The number of carbonyl (C=O) groups excluding carboxylic acids is 1. The molecule has 2 nitrogen and oxygen atoms in total. The Hall–Kier alpha value is -0.140. The molecule has 1 unspecified atom stereocenters. The molecule has 0 aromatic rings. The summed E-state index contributed by atoms with van der Waals surface area (Å²) in [5.74, 6) is 0. The van der Waals surface area contributed by atoms with Gasteiger partial charge >= 0.3 is 0 Å². The van der Waals surface area contributed by atoms with Gasteiger partial charge in [0.1, 0.15) is 4.95 Å². The first-order chi connectivity index (χ1) is 4.31. The largest absolute Gasteiger partial charge is 0.236 e. The second-order valence-electron chi connectivity index (χ2n) is 1.80. The highest BCUT2D eigenvalue weighted by Gasteiger charge is 1.97. The Morgan fingerprint density at radius 1 is 1.78 bits per heavy atom. The lowest BCUT2D eigenvalue weighted by molar-refractivity contribution is 0.560. The Balaban J connectivity index is 3.26. The van der Waals surface area contributed by atoms with E-state index in [9.17, 15) is 4.79 Å². The summed E-state index contributed by atoms with van der Waals surface area (Å²) in [6.07, 6.45) is 4.66. The molecule has 0 spiro atoms. The van der Waals surface area contributed by atoms with Crippen LogP contribution < -0.4 is 0 Å². The number of rotatable bonds is 4. The van der Waals surface area contributed by atoms with E-state index >= 15 is 0 Å². The van der Waals surface area contributed by atoms with Crippen LogP contribution in [0, 0.1) is 0 Å². The van der Waals surface area contributed by atoms with Crippen LogP contribution in [0.4, 0.5) is 0 Å². The third-order valence-corrected chi connectivity index (χ3v) is 1.65. The number of halogens is 1. The van der Waals surface area contributed by atoms with Crippen molar-refractivity contribution in [3.05, 3.63) is 0 Å². The van der Waals surface area contributed by atoms with Gasteiger partial charge in [-0.15, -0.1) is 0 Å². The zero-order valence-corrected chi connectivity index (χ0v) is 7.02. The van der Waals surface area contributed by atoms with Gasteiger partial charge in [0.05, 0.1) is 0 Å². The fourth-order valence-electron chi connectivity index (χ4n) is 0.494. The van der Waals surface area contributed by atoms with E-state index in [0.29, 0.717) is 0 Å². The second-order valence-corrected chi connectivity index (χ2v) is 2.85. The number of hydrogen-bond donors (Lipinski definition) is 0. The third-order valence-electron chi connectivity index (χ3n) is 0.989. The molecule has 0 saturated heterocycles. The van der Waals surface area contributed by atoms with Gasteiger partial charge in [0.25, 0.3) is 0 Å². The van der Waals surface area contributed by atoms with Gasteiger partial charge in [-0.25, -0.2) is 4.79 Å². The summed E-state index contributed by atoms with van der Waals surface area (Å²) in [6, 6.07) is 0. The normalized spacial score (nSPS) is 12.2. The molecule has 0 aromatic heterocycles. The number of alkyl halides is 1. The standard InChI is InChI=1S/C6H10BrNO/c1-2-3-4-6(7)8-5-9/h6H,2-4H2,1H3. The van der Waals surface area contributed by atoms with Crippen LogP contribution in [0.3, 0.4) is 0 Å². The SMILES string of the molecule is CCCCC(Br)N=C=O. The average Bonchev–Trinajstić information content (AvgIpc) is 1.85. The van der Waals surface area contributed by atoms with E-state index in [1.54, 1.807) is 0 Å². The Labute approximate surface area is 63.5 Å². The van der Waals surface area contributed by atoms with Crippen molar-refractivity contribution in [1.82, 2.24) is 0 Å². The van der Waals surface area contributed by atoms with Crippen molar-refractivity contribution >= 4 is 22.0 Å². The minimum atomic E-state index is -0.0186. The number of unbranched alkanes of at least 4 members (excludes halogenated alkanes) is 1. The molecule has 9 heavy (non-hydrogen) atoms. The summed E-state index contributed by atoms with van der Waals surface area (Å²) in [4.78, 5) is 13.1. The first-order valence-corrected chi connectivity index (χ1v) is 3.94. The van der Waals surface area contributed by atoms with Gasteiger partial charge in [0.15, 0.2) is 0 Å². The number of aliphatic imine (C=N–C) groups is 1. The summed E-state index contributed by atoms with van der Waals surface area (Å²) >= 11 is 3.21. The van der Waals surface area contributed by atoms with Gasteiger partial charge in [-0.05, 0) is 6.42 Å². The smallest absolute Gasteiger partial charge is 0.211 e. The van der Waals surface area contributed by atoms with Gasteiger partial charge in [-0.1, -0.05) is 35.7 Å². The molecule has 0 aliphatic heterocycles. The molecule has 0 N–H and O–H groups in total. The van der Waals surface area contributed by atoms with Crippen molar-refractivity contribution in [2.24, 2.45) is 4.99 Å². The van der Waals surface area contributed by atoms with Crippen LogP contribution in [-0.4, -0.2) is 11.0 Å². The van der Waals surface area contributed by atoms with Crippen LogP contribution in [-0.2, 0) is 4.79 Å². The zero-order chi connectivity index (χ0) is 7.11. The summed E-state index contributed by atoms with van der Waals surface area (Å²) < 4.78 is 0. The van der Waals surface area contributed by atoms with E-state index in [2.05, 4.69) is 27.8 Å². The van der Waals surface area contributed by atoms with Crippen LogP contribution >= 0.6 is 15.9 Å². The van der Waals surface area contributed by atoms with Crippen molar-refractivity contribution in [3.63, 3.8) is 0 Å². The topological polar surface area (TPSA) is 29.4 Å². The summed E-state index contributed by atoms with van der Waals surface area (Å²) in [5.41, 5.74) is 0. The molecule has 0 amide bonds. The Morgan fingerprint density at radius 2 is 2.44 bits per heavy atom. The highest BCUT2D eigenvalue weighted by atomic mass is 79.9. The Morgan fingerprint density at radius 3 is 2.89 bits per heavy atom. The fraction of sp³-hybridized carbons (Fsp3) is 0.833. The maximum Gasteiger partial charge on any atom is 0.236 e. The van der Waals surface area contributed by atoms with E-state index in [4.69, 9.17) is 0 Å². The van der Waals surface area contributed by atoms with Crippen LogP contribution in [0.25, 0.3) is 0 Å². The Bertz CT molecular complexity index is 110. The number of hydrogen-bond acceptors (Lipinski definition) is 2. The van der Waals surface area contributed by atoms with E-state index in [-0.39, 0.29) is 4.95 Å². The molecule has 0 saturated carbocycles. The summed E-state index contributed by atoms with van der Waals surface area (Å²) in [7, 11) is 0. The molecule has 0 aliphatic carbocycles. The van der Waals surface area contributed by atoms with Gasteiger partial charge in [-0.2, -0.15) is 4.99 Å². The first-order valence-electron chi connectivity index (χ1n) is 3.02. The van der Waals surface area contributed by atoms with E-state index in [1.165, 1.54) is 6.08 Å². The molecule has 0 radical (unpaired) electrons. The zero-order valence-electron chi connectivity index (χ0n) is 5.43. The van der Waals surface area contributed by atoms with E-state index in [1.807, 2.05) is 0 Å². The highest BCUT2D eigenvalue weighted by Crippen LogP contribution is 2.09. The molecule has 0 aliphatic rings. The molecule has 1 atom stereocenters. The van der Waals surface area contributed by atoms with Gasteiger partial charge < -0.3 is 0 Å². The molecular formula is C6H10BrNO. The predicted molar refractivity (Wildman–Crippen MR) is 40.4 cm³/mol. The van der Waals surface area contributed by atoms with Crippen molar-refractivity contribution < 1.29 is 4.79 Å². The van der Waals surface area contributed by atoms with Gasteiger partial charge in [0.2, 0.25) is 6.08 Å². The maximum absolute atomic E-state index is 9.66. The third kappa shape index (κ3) is 5.74. The quantitative estimate of drug-likeness (QED) is 0.290. The number of isocyanates is 1. The maximum atomic E-state index is 9.66. The molecule has 0 rings (SSSR count). The monoisotopic (exact) mass is 191 g/mol. The second kappa shape index (κ2) is 5.99. The predicted octanol–water partition coefficient (Wildman–Crippen LogP) is 2.23. The van der Waals surface area contributed by atoms with E-state index in [0.717, 1.165) is 19.3 Å². The van der Waals surface area contributed by atoms with E-state index < -0.39 is 0 Å². The first kappa shape index (κ1) is 8.86. The molecule has 0 bridgehead atoms. The van der Waals surface area contributed by atoms with Crippen LogP contribution in [0.15, 0.2) is 4.99 Å². The molecule has 0 aromatic carbocycles. The molecule has 0 fully saturated rings. The van der Waals surface area contributed by atoms with Gasteiger partial charge in [-0.3, -0.25) is 0 Å². The van der Waals surface area contributed by atoms with Crippen LogP contribution in [0.2, 0.25) is 0 Å². The van der Waals surface area contributed by atoms with Crippen molar-refractivity contribution in [1.29, 1.82) is 0 Å². The summed E-state index contributed by atoms with van der Waals surface area (Å²) in [5, 5.41) is 0. The average molecular weight is 192 g/mol. The molecule has 52 valence electrons. The van der Waals surface area contributed by atoms with Crippen molar-refractivity contribution in [2.75, 3.05) is 0 Å². The molecular weight excluding hydrogens is 182 g/mol. The van der Waals surface area contributed by atoms with Crippen LogP contribution in [0.1, 0.15) is 26.2 Å². The Kier molecular flexibility index (Phi) is 5.89. The molecule has 3 heteroatoms. The lowest BCUT2D eigenvalue weighted by atomic mass is 10.2. The van der Waals surface area contributed by atoms with Crippen molar-refractivity contribution in [2.45, 2.75) is 31.1 Å². The lowest BCUT2D eigenvalue weighted by Gasteiger charge is -1.97. The van der Waals surface area contributed by atoms with Gasteiger partial charge in [0, 0.05) is 0 Å². The lowest BCUT2D eigenvalue weighted by Crippen LogP contribution is -1.90. The summed E-state index contributed by atoms with van der Waals surface area (Å²) in [6.45, 7) is 2.10. The number of nitrogens with zero attached hydrogens (tertiary/aromatic N) is 1. The highest BCUT2D eigenvalue weighted by molar-refractivity contribution is 9.09. The minimum Gasteiger partial charge on any atom is -0.211 e. The fourth-order valence-corrected chi connectivity index (χ4v) is 0.902. The van der Waals surface area contributed by atoms with Crippen LogP contribution in [0.5, 0.6) is 0 Å². The molecule has 0 heterocycles. The minimum absolute atomic E-state index is 0.0186.